The van der Waals surface area contributed by atoms with E-state index < -0.39 is 0 Å². The quantitative estimate of drug-likeness (QED) is 0.554. The Labute approximate surface area is 82.1 Å². The zero-order valence-corrected chi connectivity index (χ0v) is 9.42. The predicted molar refractivity (Wildman–Crippen MR) is 57.7 cm³/mol. The standard InChI is InChI=1S/C11H23NO/c1-5-6-7-9(2)11(4)10(3)8-12-13/h9-11H,5-8H2,1-4H3. The van der Waals surface area contributed by atoms with E-state index in [1.165, 1.54) is 19.3 Å². The van der Waals surface area contributed by atoms with Gasteiger partial charge in [-0.2, -0.15) is 4.91 Å². The molecule has 2 nitrogen and oxygen atoms in total. The van der Waals surface area contributed by atoms with Crippen LogP contribution in [0.1, 0.15) is 47.0 Å². The third-order valence-corrected chi connectivity index (χ3v) is 3.17. The van der Waals surface area contributed by atoms with Crippen molar-refractivity contribution < 1.29 is 0 Å². The van der Waals surface area contributed by atoms with Crippen LogP contribution >= 0.6 is 0 Å². The van der Waals surface area contributed by atoms with E-state index in [0.717, 1.165) is 5.92 Å². The van der Waals surface area contributed by atoms with Gasteiger partial charge in [-0.1, -0.05) is 52.1 Å². The molecule has 0 amide bonds. The van der Waals surface area contributed by atoms with Crippen LogP contribution in [0.3, 0.4) is 0 Å². The topological polar surface area (TPSA) is 29.4 Å². The van der Waals surface area contributed by atoms with Gasteiger partial charge in [-0.25, -0.2) is 0 Å². The predicted octanol–water partition coefficient (Wildman–Crippen LogP) is 3.85. The molecule has 0 aromatic heterocycles. The Morgan fingerprint density at radius 3 is 2.23 bits per heavy atom. The normalized spacial score (nSPS) is 17.8. The Hall–Kier alpha value is -0.400. The van der Waals surface area contributed by atoms with Crippen LogP contribution in [0, 0.1) is 22.7 Å². The van der Waals surface area contributed by atoms with Gasteiger partial charge in [-0.3, -0.25) is 0 Å². The Kier molecular flexibility index (Phi) is 6.83. The molecule has 2 heteroatoms. The first-order valence-corrected chi connectivity index (χ1v) is 5.42. The van der Waals surface area contributed by atoms with E-state index in [9.17, 15) is 4.91 Å². The highest BCUT2D eigenvalue weighted by molar-refractivity contribution is 4.69. The highest BCUT2D eigenvalue weighted by atomic mass is 16.3. The summed E-state index contributed by atoms with van der Waals surface area (Å²) in [7, 11) is 0. The Bertz CT molecular complexity index is 136. The minimum absolute atomic E-state index is 0.435. The summed E-state index contributed by atoms with van der Waals surface area (Å²) in [6.45, 7) is 9.32. The fourth-order valence-corrected chi connectivity index (χ4v) is 1.63. The Morgan fingerprint density at radius 2 is 1.77 bits per heavy atom. The van der Waals surface area contributed by atoms with Gasteiger partial charge in [-0.05, 0) is 17.8 Å². The minimum atomic E-state index is 0.435. The van der Waals surface area contributed by atoms with Crippen LogP contribution in [0.15, 0.2) is 5.18 Å². The molecule has 0 N–H and O–H groups in total. The first kappa shape index (κ1) is 12.6. The van der Waals surface area contributed by atoms with Gasteiger partial charge in [0.25, 0.3) is 0 Å². The summed E-state index contributed by atoms with van der Waals surface area (Å²) < 4.78 is 0. The molecular formula is C11H23NO. The lowest BCUT2D eigenvalue weighted by Crippen LogP contribution is -2.18. The molecule has 0 aliphatic carbocycles. The maximum Gasteiger partial charge on any atom is 0.0839 e. The molecule has 0 aromatic carbocycles. The van der Waals surface area contributed by atoms with Crippen molar-refractivity contribution in [3.8, 4) is 0 Å². The number of unbranched alkanes of at least 4 members (excludes halogenated alkanes) is 1. The van der Waals surface area contributed by atoms with Gasteiger partial charge in [-0.15, -0.1) is 0 Å². The third kappa shape index (κ3) is 5.02. The lowest BCUT2D eigenvalue weighted by Gasteiger charge is -2.24. The van der Waals surface area contributed by atoms with Gasteiger partial charge >= 0.3 is 0 Å². The number of nitrogens with zero attached hydrogens (tertiary/aromatic N) is 1. The maximum atomic E-state index is 10.1. The van der Waals surface area contributed by atoms with Gasteiger partial charge in [0.2, 0.25) is 0 Å². The molecular weight excluding hydrogens is 162 g/mol. The van der Waals surface area contributed by atoms with Crippen molar-refractivity contribution in [3.63, 3.8) is 0 Å². The van der Waals surface area contributed by atoms with E-state index in [1.54, 1.807) is 0 Å². The number of rotatable bonds is 7. The lowest BCUT2D eigenvalue weighted by molar-refractivity contribution is 0.267. The van der Waals surface area contributed by atoms with Crippen LogP contribution in [0.25, 0.3) is 0 Å². The molecule has 0 radical (unpaired) electrons. The summed E-state index contributed by atoms with van der Waals surface area (Å²) >= 11 is 0. The van der Waals surface area contributed by atoms with Crippen molar-refractivity contribution in [1.82, 2.24) is 0 Å². The zero-order chi connectivity index (χ0) is 10.3. The van der Waals surface area contributed by atoms with Crippen LogP contribution < -0.4 is 0 Å². The Balaban J connectivity index is 3.78. The Morgan fingerprint density at radius 1 is 1.15 bits per heavy atom. The molecule has 0 heterocycles. The van der Waals surface area contributed by atoms with Crippen molar-refractivity contribution in [1.29, 1.82) is 0 Å². The molecule has 13 heavy (non-hydrogen) atoms. The molecule has 3 unspecified atom stereocenters. The minimum Gasteiger partial charge on any atom is -0.151 e. The van der Waals surface area contributed by atoms with E-state index in [0.29, 0.717) is 18.4 Å². The summed E-state index contributed by atoms with van der Waals surface area (Å²) in [5.41, 5.74) is 0. The first-order chi connectivity index (χ1) is 6.13. The summed E-state index contributed by atoms with van der Waals surface area (Å²) in [6.07, 6.45) is 3.84. The summed E-state index contributed by atoms with van der Waals surface area (Å²) in [5.74, 6) is 1.77. The second-order valence-corrected chi connectivity index (χ2v) is 4.27. The second-order valence-electron chi connectivity index (χ2n) is 4.27. The SMILES string of the molecule is CCCCC(C)C(C)C(C)CN=O. The van der Waals surface area contributed by atoms with Gasteiger partial charge in [0.15, 0.2) is 0 Å². The summed E-state index contributed by atoms with van der Waals surface area (Å²) in [5, 5.41) is 2.97. The molecule has 0 aromatic rings. The van der Waals surface area contributed by atoms with Gasteiger partial charge in [0.1, 0.15) is 0 Å². The van der Waals surface area contributed by atoms with Crippen LogP contribution in [0.5, 0.6) is 0 Å². The van der Waals surface area contributed by atoms with Crippen molar-refractivity contribution in [2.45, 2.75) is 47.0 Å². The van der Waals surface area contributed by atoms with E-state index >= 15 is 0 Å². The fourth-order valence-electron chi connectivity index (χ4n) is 1.63. The lowest BCUT2D eigenvalue weighted by atomic mass is 9.82. The van der Waals surface area contributed by atoms with Crippen LogP contribution in [-0.2, 0) is 0 Å². The van der Waals surface area contributed by atoms with Gasteiger partial charge < -0.3 is 0 Å². The van der Waals surface area contributed by atoms with E-state index in [-0.39, 0.29) is 0 Å². The van der Waals surface area contributed by atoms with Crippen molar-refractivity contribution in [2.24, 2.45) is 22.9 Å². The van der Waals surface area contributed by atoms with Gasteiger partial charge in [0.05, 0.1) is 6.54 Å². The highest BCUT2D eigenvalue weighted by Crippen LogP contribution is 2.24. The van der Waals surface area contributed by atoms with E-state index in [4.69, 9.17) is 0 Å². The molecule has 0 rings (SSSR count). The molecule has 3 atom stereocenters. The van der Waals surface area contributed by atoms with Crippen LogP contribution in [-0.4, -0.2) is 6.54 Å². The maximum absolute atomic E-state index is 10.1. The summed E-state index contributed by atoms with van der Waals surface area (Å²) in [6, 6.07) is 0. The number of hydrogen-bond donors (Lipinski definition) is 0. The van der Waals surface area contributed by atoms with Gasteiger partial charge in [0, 0.05) is 0 Å². The average molecular weight is 185 g/mol. The summed E-state index contributed by atoms with van der Waals surface area (Å²) in [4.78, 5) is 10.1. The monoisotopic (exact) mass is 185 g/mol. The fraction of sp³-hybridized carbons (Fsp3) is 1.00. The van der Waals surface area contributed by atoms with Crippen LogP contribution in [0.2, 0.25) is 0 Å². The highest BCUT2D eigenvalue weighted by Gasteiger charge is 2.18. The molecule has 78 valence electrons. The van der Waals surface area contributed by atoms with Crippen molar-refractivity contribution in [2.75, 3.05) is 6.54 Å². The second kappa shape index (κ2) is 7.05. The molecule has 0 saturated carbocycles. The molecule has 0 saturated heterocycles. The molecule has 0 aliphatic heterocycles. The third-order valence-electron chi connectivity index (χ3n) is 3.17. The molecule has 0 bridgehead atoms. The largest absolute Gasteiger partial charge is 0.151 e. The van der Waals surface area contributed by atoms with E-state index in [2.05, 4.69) is 32.9 Å². The number of nitroso groups, excluding NO2 is 1. The average Bonchev–Trinajstić information content (AvgIpc) is 2.13. The molecule has 0 fully saturated rings. The molecule has 0 aliphatic rings. The van der Waals surface area contributed by atoms with Crippen molar-refractivity contribution >= 4 is 0 Å². The zero-order valence-electron chi connectivity index (χ0n) is 9.42. The number of hydrogen-bond acceptors (Lipinski definition) is 2. The first-order valence-electron chi connectivity index (χ1n) is 5.42. The van der Waals surface area contributed by atoms with Crippen LogP contribution in [0.4, 0.5) is 0 Å². The van der Waals surface area contributed by atoms with Crippen molar-refractivity contribution in [3.05, 3.63) is 4.91 Å². The smallest absolute Gasteiger partial charge is 0.0839 e. The van der Waals surface area contributed by atoms with E-state index in [1.807, 2.05) is 0 Å². The molecule has 0 spiro atoms.